The molecule has 20 heavy (non-hydrogen) atoms. The van der Waals surface area contributed by atoms with Crippen molar-refractivity contribution in [3.63, 3.8) is 0 Å². The van der Waals surface area contributed by atoms with E-state index in [2.05, 4.69) is 13.0 Å². The second kappa shape index (κ2) is 9.56. The molecule has 0 spiro atoms. The summed E-state index contributed by atoms with van der Waals surface area (Å²) >= 11 is 0. The summed E-state index contributed by atoms with van der Waals surface area (Å²) in [6.07, 6.45) is 11.3. The molecule has 1 rings (SSSR count). The zero-order valence-electron chi connectivity index (χ0n) is 12.3. The minimum Gasteiger partial charge on any atom is -0.481 e. The Kier molecular flexibility index (Phi) is 8.00. The first kappa shape index (κ1) is 16.7. The largest absolute Gasteiger partial charge is 0.481 e. The number of hydrogen-bond donors (Lipinski definition) is 1. The van der Waals surface area contributed by atoms with Crippen molar-refractivity contribution in [2.45, 2.75) is 58.3 Å². The Labute approximate surface area is 121 Å². The number of carbonyl (C=O) groups is 2. The number of carboxylic acid groups (broad SMARTS) is 1. The molecule has 0 aromatic carbocycles. The van der Waals surface area contributed by atoms with Gasteiger partial charge in [0.2, 0.25) is 0 Å². The molecule has 0 aromatic rings. The van der Waals surface area contributed by atoms with E-state index in [1.807, 2.05) is 6.08 Å². The number of allylic oxidation sites excluding steroid dienone is 1. The van der Waals surface area contributed by atoms with Gasteiger partial charge in [-0.3, -0.25) is 9.59 Å². The van der Waals surface area contributed by atoms with E-state index in [4.69, 9.17) is 9.84 Å². The molecule has 0 radical (unpaired) electrons. The first-order chi connectivity index (χ1) is 9.66. The SMILES string of the molecule is CCCC/C=C/CCOC(=O)C1CCCCC1C(=O)O. The summed E-state index contributed by atoms with van der Waals surface area (Å²) in [7, 11) is 0. The Balaban J connectivity index is 2.27. The highest BCUT2D eigenvalue weighted by Crippen LogP contribution is 2.31. The van der Waals surface area contributed by atoms with Gasteiger partial charge in [0.1, 0.15) is 0 Å². The molecule has 1 aliphatic carbocycles. The third-order valence-corrected chi connectivity index (χ3v) is 3.81. The molecular weight excluding hydrogens is 256 g/mol. The van der Waals surface area contributed by atoms with Crippen LogP contribution in [0.3, 0.4) is 0 Å². The predicted octanol–water partition coefficient (Wildman–Crippen LogP) is 3.56. The summed E-state index contributed by atoms with van der Waals surface area (Å²) in [6.45, 7) is 2.50. The summed E-state index contributed by atoms with van der Waals surface area (Å²) in [5.74, 6) is -2.22. The van der Waals surface area contributed by atoms with Crippen LogP contribution < -0.4 is 0 Å². The number of hydrogen-bond acceptors (Lipinski definition) is 3. The van der Waals surface area contributed by atoms with Crippen LogP contribution in [-0.2, 0) is 14.3 Å². The van der Waals surface area contributed by atoms with Crippen LogP contribution in [0.5, 0.6) is 0 Å². The van der Waals surface area contributed by atoms with Crippen LogP contribution in [0.2, 0.25) is 0 Å². The molecule has 2 unspecified atom stereocenters. The van der Waals surface area contributed by atoms with Gasteiger partial charge < -0.3 is 9.84 Å². The Bertz CT molecular complexity index is 335. The van der Waals surface area contributed by atoms with E-state index in [0.717, 1.165) is 19.3 Å². The monoisotopic (exact) mass is 282 g/mol. The highest BCUT2D eigenvalue weighted by atomic mass is 16.5. The zero-order valence-corrected chi connectivity index (χ0v) is 12.3. The number of carboxylic acids is 1. The first-order valence-corrected chi connectivity index (χ1v) is 7.71. The third kappa shape index (κ3) is 5.76. The highest BCUT2D eigenvalue weighted by Gasteiger charge is 2.36. The van der Waals surface area contributed by atoms with Gasteiger partial charge >= 0.3 is 11.9 Å². The lowest BCUT2D eigenvalue weighted by atomic mass is 9.79. The normalized spacial score (nSPS) is 22.9. The Hall–Kier alpha value is -1.32. The quantitative estimate of drug-likeness (QED) is 0.420. The molecule has 1 fully saturated rings. The average molecular weight is 282 g/mol. The minimum absolute atomic E-state index is 0.334. The smallest absolute Gasteiger partial charge is 0.309 e. The van der Waals surface area contributed by atoms with Gasteiger partial charge in [-0.05, 0) is 25.7 Å². The lowest BCUT2D eigenvalue weighted by Crippen LogP contribution is -2.33. The van der Waals surface area contributed by atoms with Gasteiger partial charge in [0.15, 0.2) is 0 Å². The van der Waals surface area contributed by atoms with Gasteiger partial charge in [0, 0.05) is 0 Å². The first-order valence-electron chi connectivity index (χ1n) is 7.71. The second-order valence-electron chi connectivity index (χ2n) is 5.41. The second-order valence-corrected chi connectivity index (χ2v) is 5.41. The number of unbranched alkanes of at least 4 members (excludes halogenated alkanes) is 2. The standard InChI is InChI=1S/C16H26O4/c1-2-3-4-5-6-9-12-20-16(19)14-11-8-7-10-13(14)15(17)18/h5-6,13-14H,2-4,7-12H2,1H3,(H,17,18)/b6-5+. The number of aliphatic carboxylic acids is 1. The van der Waals surface area contributed by atoms with Crippen molar-refractivity contribution in [2.24, 2.45) is 11.8 Å². The molecule has 0 bridgehead atoms. The lowest BCUT2D eigenvalue weighted by molar-refractivity contribution is -0.159. The number of esters is 1. The van der Waals surface area contributed by atoms with Crippen molar-refractivity contribution in [3.8, 4) is 0 Å². The van der Waals surface area contributed by atoms with E-state index in [-0.39, 0.29) is 5.97 Å². The Morgan fingerprint density at radius 2 is 1.80 bits per heavy atom. The molecule has 0 heterocycles. The molecule has 0 amide bonds. The fourth-order valence-corrected chi connectivity index (χ4v) is 2.60. The fourth-order valence-electron chi connectivity index (χ4n) is 2.60. The van der Waals surface area contributed by atoms with Crippen LogP contribution in [0.4, 0.5) is 0 Å². The Morgan fingerprint density at radius 1 is 1.15 bits per heavy atom. The van der Waals surface area contributed by atoms with Gasteiger partial charge in [-0.25, -0.2) is 0 Å². The summed E-state index contributed by atoms with van der Waals surface area (Å²) in [5.41, 5.74) is 0. The molecule has 1 N–H and O–H groups in total. The van der Waals surface area contributed by atoms with Crippen molar-refractivity contribution < 1.29 is 19.4 Å². The maximum absolute atomic E-state index is 11.9. The van der Waals surface area contributed by atoms with Gasteiger partial charge in [-0.1, -0.05) is 44.8 Å². The maximum atomic E-state index is 11.9. The maximum Gasteiger partial charge on any atom is 0.309 e. The summed E-state index contributed by atoms with van der Waals surface area (Å²) in [4.78, 5) is 23.1. The van der Waals surface area contributed by atoms with Crippen molar-refractivity contribution in [3.05, 3.63) is 12.2 Å². The molecule has 4 nitrogen and oxygen atoms in total. The zero-order chi connectivity index (χ0) is 14.8. The van der Waals surface area contributed by atoms with Crippen LogP contribution in [0.15, 0.2) is 12.2 Å². The molecule has 114 valence electrons. The third-order valence-electron chi connectivity index (χ3n) is 3.81. The van der Waals surface area contributed by atoms with Crippen molar-refractivity contribution in [1.29, 1.82) is 0 Å². The molecule has 0 aromatic heterocycles. The van der Waals surface area contributed by atoms with Crippen molar-refractivity contribution in [1.82, 2.24) is 0 Å². The van der Waals surface area contributed by atoms with Crippen LogP contribution >= 0.6 is 0 Å². The van der Waals surface area contributed by atoms with Crippen LogP contribution in [0.25, 0.3) is 0 Å². The molecule has 0 saturated heterocycles. The van der Waals surface area contributed by atoms with E-state index >= 15 is 0 Å². The van der Waals surface area contributed by atoms with Gasteiger partial charge in [0.05, 0.1) is 18.4 Å². The molecule has 0 aliphatic heterocycles. The lowest BCUT2D eigenvalue weighted by Gasteiger charge is -2.26. The van der Waals surface area contributed by atoms with Crippen LogP contribution in [0, 0.1) is 11.8 Å². The van der Waals surface area contributed by atoms with E-state index in [1.165, 1.54) is 12.8 Å². The van der Waals surface area contributed by atoms with E-state index in [1.54, 1.807) is 0 Å². The summed E-state index contributed by atoms with van der Waals surface area (Å²) < 4.78 is 5.21. The topological polar surface area (TPSA) is 63.6 Å². The predicted molar refractivity (Wildman–Crippen MR) is 77.3 cm³/mol. The summed E-state index contributed by atoms with van der Waals surface area (Å²) in [6, 6.07) is 0. The van der Waals surface area contributed by atoms with E-state index in [9.17, 15) is 9.59 Å². The Morgan fingerprint density at radius 3 is 2.45 bits per heavy atom. The number of rotatable bonds is 8. The molecule has 4 heteroatoms. The highest BCUT2D eigenvalue weighted by molar-refractivity contribution is 5.81. The van der Waals surface area contributed by atoms with E-state index in [0.29, 0.717) is 25.9 Å². The van der Waals surface area contributed by atoms with Gasteiger partial charge in [0.25, 0.3) is 0 Å². The fraction of sp³-hybridized carbons (Fsp3) is 0.750. The minimum atomic E-state index is -0.869. The average Bonchev–Trinajstić information content (AvgIpc) is 2.46. The van der Waals surface area contributed by atoms with Crippen molar-refractivity contribution in [2.75, 3.05) is 6.61 Å². The summed E-state index contributed by atoms with van der Waals surface area (Å²) in [5, 5.41) is 9.13. The van der Waals surface area contributed by atoms with Gasteiger partial charge in [-0.2, -0.15) is 0 Å². The van der Waals surface area contributed by atoms with Crippen LogP contribution in [0.1, 0.15) is 58.3 Å². The molecule has 1 saturated carbocycles. The van der Waals surface area contributed by atoms with Gasteiger partial charge in [-0.15, -0.1) is 0 Å². The number of ether oxygens (including phenoxy) is 1. The number of carbonyl (C=O) groups excluding carboxylic acids is 1. The molecule has 2 atom stereocenters. The van der Waals surface area contributed by atoms with Crippen LogP contribution in [-0.4, -0.2) is 23.7 Å². The molecule has 1 aliphatic rings. The van der Waals surface area contributed by atoms with E-state index < -0.39 is 17.8 Å². The molecular formula is C16H26O4. The van der Waals surface area contributed by atoms with Crippen molar-refractivity contribution >= 4 is 11.9 Å².